The van der Waals surface area contributed by atoms with E-state index in [0.29, 0.717) is 19.6 Å². The number of rotatable bonds is 9. The first kappa shape index (κ1) is 16.5. The molecule has 1 aromatic carbocycles. The van der Waals surface area contributed by atoms with Gasteiger partial charge in [-0.1, -0.05) is 19.1 Å². The van der Waals surface area contributed by atoms with Crippen LogP contribution in [0, 0.1) is 0 Å². The third kappa shape index (κ3) is 6.57. The predicted octanol–water partition coefficient (Wildman–Crippen LogP) is 2.48. The third-order valence-corrected chi connectivity index (χ3v) is 3.11. The van der Waals surface area contributed by atoms with Gasteiger partial charge in [-0.05, 0) is 38.0 Å². The molecule has 0 aromatic heterocycles. The van der Waals surface area contributed by atoms with E-state index in [4.69, 9.17) is 4.74 Å². The Kier molecular flexibility index (Phi) is 7.73. The van der Waals surface area contributed by atoms with E-state index in [1.54, 1.807) is 0 Å². The molecule has 1 amide bonds. The average Bonchev–Trinajstić information content (AvgIpc) is 2.45. The van der Waals surface area contributed by atoms with E-state index in [-0.39, 0.29) is 11.9 Å². The normalized spacial score (nSPS) is 11.9. The molecule has 0 aliphatic rings. The number of ether oxygens (including phenoxy) is 1. The second-order valence-electron chi connectivity index (χ2n) is 4.88. The Morgan fingerprint density at radius 2 is 1.95 bits per heavy atom. The molecule has 0 bridgehead atoms. The van der Waals surface area contributed by atoms with E-state index in [2.05, 4.69) is 17.6 Å². The summed E-state index contributed by atoms with van der Waals surface area (Å²) in [5.74, 6) is 1.00. The highest BCUT2D eigenvalue weighted by atomic mass is 16.5. The summed E-state index contributed by atoms with van der Waals surface area (Å²) in [7, 11) is 0. The molecule has 1 unspecified atom stereocenters. The Bertz CT molecular complexity index is 390. The highest BCUT2D eigenvalue weighted by molar-refractivity contribution is 5.76. The lowest BCUT2D eigenvalue weighted by molar-refractivity contribution is -0.121. The first-order valence-corrected chi connectivity index (χ1v) is 7.37. The molecule has 4 nitrogen and oxygen atoms in total. The largest absolute Gasteiger partial charge is 0.494 e. The van der Waals surface area contributed by atoms with Gasteiger partial charge in [0.05, 0.1) is 6.61 Å². The molecule has 0 aliphatic carbocycles. The average molecular weight is 278 g/mol. The topological polar surface area (TPSA) is 50.4 Å². The standard InChI is InChI=1S/C16H26N2O2/c1-4-13(3)18-16(19)10-11-17-12-14-6-8-15(9-7-14)20-5-2/h6-9,13,17H,4-5,10-12H2,1-3H3,(H,18,19). The summed E-state index contributed by atoms with van der Waals surface area (Å²) in [5, 5.41) is 6.23. The van der Waals surface area contributed by atoms with Crippen molar-refractivity contribution in [3.63, 3.8) is 0 Å². The van der Waals surface area contributed by atoms with Crippen LogP contribution in [-0.2, 0) is 11.3 Å². The van der Waals surface area contributed by atoms with Gasteiger partial charge < -0.3 is 15.4 Å². The molecule has 1 aromatic rings. The van der Waals surface area contributed by atoms with E-state index >= 15 is 0 Å². The van der Waals surface area contributed by atoms with Gasteiger partial charge in [0.25, 0.3) is 0 Å². The van der Waals surface area contributed by atoms with Crippen molar-refractivity contribution in [2.75, 3.05) is 13.2 Å². The second-order valence-corrected chi connectivity index (χ2v) is 4.88. The maximum absolute atomic E-state index is 11.6. The van der Waals surface area contributed by atoms with E-state index < -0.39 is 0 Å². The van der Waals surface area contributed by atoms with E-state index in [1.807, 2.05) is 38.1 Å². The van der Waals surface area contributed by atoms with Crippen molar-refractivity contribution in [2.45, 2.75) is 46.2 Å². The Morgan fingerprint density at radius 1 is 1.25 bits per heavy atom. The van der Waals surface area contributed by atoms with E-state index in [9.17, 15) is 4.79 Å². The Hall–Kier alpha value is -1.55. The number of benzene rings is 1. The SMILES string of the molecule is CCOc1ccc(CNCCC(=O)NC(C)CC)cc1. The molecule has 1 rings (SSSR count). The van der Waals surface area contributed by atoms with Crippen molar-refractivity contribution in [2.24, 2.45) is 0 Å². The van der Waals surface area contributed by atoms with Crippen LogP contribution in [-0.4, -0.2) is 25.1 Å². The predicted molar refractivity (Wildman–Crippen MR) is 81.8 cm³/mol. The summed E-state index contributed by atoms with van der Waals surface area (Å²) in [4.78, 5) is 11.6. The summed E-state index contributed by atoms with van der Waals surface area (Å²) in [6.45, 7) is 8.20. The van der Waals surface area contributed by atoms with Crippen LogP contribution in [0.15, 0.2) is 24.3 Å². The van der Waals surface area contributed by atoms with Crippen molar-refractivity contribution in [1.29, 1.82) is 0 Å². The molecule has 1 atom stereocenters. The molecule has 0 saturated heterocycles. The van der Waals surface area contributed by atoms with Gasteiger partial charge in [-0.15, -0.1) is 0 Å². The minimum Gasteiger partial charge on any atom is -0.494 e. The minimum absolute atomic E-state index is 0.110. The van der Waals surface area contributed by atoms with Crippen LogP contribution in [0.5, 0.6) is 5.75 Å². The van der Waals surface area contributed by atoms with E-state index in [0.717, 1.165) is 18.7 Å². The van der Waals surface area contributed by atoms with Gasteiger partial charge in [-0.25, -0.2) is 0 Å². The number of carbonyl (C=O) groups excluding carboxylic acids is 1. The lowest BCUT2D eigenvalue weighted by Crippen LogP contribution is -2.33. The zero-order valence-corrected chi connectivity index (χ0v) is 12.7. The zero-order chi connectivity index (χ0) is 14.8. The highest BCUT2D eigenvalue weighted by Gasteiger charge is 2.04. The summed E-state index contributed by atoms with van der Waals surface area (Å²) in [6.07, 6.45) is 1.48. The first-order chi connectivity index (χ1) is 9.65. The minimum atomic E-state index is 0.110. The third-order valence-electron chi connectivity index (χ3n) is 3.11. The first-order valence-electron chi connectivity index (χ1n) is 7.37. The highest BCUT2D eigenvalue weighted by Crippen LogP contribution is 2.11. The van der Waals surface area contributed by atoms with Gasteiger partial charge in [-0.2, -0.15) is 0 Å². The van der Waals surface area contributed by atoms with Crippen molar-refractivity contribution >= 4 is 5.91 Å². The molecule has 0 radical (unpaired) electrons. The number of carbonyl (C=O) groups is 1. The fourth-order valence-electron chi connectivity index (χ4n) is 1.75. The molecular weight excluding hydrogens is 252 g/mol. The van der Waals surface area contributed by atoms with Gasteiger partial charge in [0.1, 0.15) is 5.75 Å². The number of hydrogen-bond donors (Lipinski definition) is 2. The summed E-state index contributed by atoms with van der Waals surface area (Å²) in [5.41, 5.74) is 1.19. The molecule has 4 heteroatoms. The second kappa shape index (κ2) is 9.37. The number of amides is 1. The smallest absolute Gasteiger partial charge is 0.221 e. The maximum atomic E-state index is 11.6. The molecule has 2 N–H and O–H groups in total. The van der Waals surface area contributed by atoms with E-state index in [1.165, 1.54) is 5.56 Å². The van der Waals surface area contributed by atoms with Gasteiger partial charge in [0.2, 0.25) is 5.91 Å². The van der Waals surface area contributed by atoms with Crippen LogP contribution in [0.1, 0.15) is 39.2 Å². The van der Waals surface area contributed by atoms with Gasteiger partial charge in [-0.3, -0.25) is 4.79 Å². The molecule has 112 valence electrons. The number of hydrogen-bond acceptors (Lipinski definition) is 3. The van der Waals surface area contributed by atoms with Crippen LogP contribution in [0.4, 0.5) is 0 Å². The van der Waals surface area contributed by atoms with Gasteiger partial charge >= 0.3 is 0 Å². The molecule has 0 spiro atoms. The summed E-state index contributed by atoms with van der Waals surface area (Å²) < 4.78 is 5.39. The fourth-order valence-corrected chi connectivity index (χ4v) is 1.75. The summed E-state index contributed by atoms with van der Waals surface area (Å²) in [6, 6.07) is 8.27. The lowest BCUT2D eigenvalue weighted by atomic mass is 10.2. The lowest BCUT2D eigenvalue weighted by Gasteiger charge is -2.11. The van der Waals surface area contributed by atoms with Crippen molar-refractivity contribution in [1.82, 2.24) is 10.6 Å². The molecule has 0 saturated carbocycles. The zero-order valence-electron chi connectivity index (χ0n) is 12.7. The molecule has 0 aliphatic heterocycles. The van der Waals surface area contributed by atoms with Gasteiger partial charge in [0, 0.05) is 25.6 Å². The van der Waals surface area contributed by atoms with Crippen molar-refractivity contribution < 1.29 is 9.53 Å². The van der Waals surface area contributed by atoms with Crippen LogP contribution in [0.2, 0.25) is 0 Å². The molecular formula is C16H26N2O2. The Morgan fingerprint density at radius 3 is 2.55 bits per heavy atom. The van der Waals surface area contributed by atoms with Crippen LogP contribution in [0.25, 0.3) is 0 Å². The Balaban J connectivity index is 2.19. The molecule has 20 heavy (non-hydrogen) atoms. The van der Waals surface area contributed by atoms with Crippen molar-refractivity contribution in [3.8, 4) is 5.75 Å². The molecule has 0 heterocycles. The molecule has 0 fully saturated rings. The van der Waals surface area contributed by atoms with Crippen molar-refractivity contribution in [3.05, 3.63) is 29.8 Å². The fraction of sp³-hybridized carbons (Fsp3) is 0.562. The summed E-state index contributed by atoms with van der Waals surface area (Å²) >= 11 is 0. The monoisotopic (exact) mass is 278 g/mol. The van der Waals surface area contributed by atoms with Crippen LogP contribution < -0.4 is 15.4 Å². The maximum Gasteiger partial charge on any atom is 0.221 e. The van der Waals surface area contributed by atoms with Crippen LogP contribution in [0.3, 0.4) is 0 Å². The number of nitrogens with one attached hydrogen (secondary N) is 2. The van der Waals surface area contributed by atoms with Crippen LogP contribution >= 0.6 is 0 Å². The Labute approximate surface area is 121 Å². The quantitative estimate of drug-likeness (QED) is 0.682. The van der Waals surface area contributed by atoms with Gasteiger partial charge in [0.15, 0.2) is 0 Å².